The van der Waals surface area contributed by atoms with Crippen LogP contribution in [0.15, 0.2) is 36.4 Å². The first kappa shape index (κ1) is 15.9. The average Bonchev–Trinajstić information content (AvgIpc) is 2.43. The molecule has 21 heavy (non-hydrogen) atoms. The molecule has 2 rings (SSSR count). The van der Waals surface area contributed by atoms with Crippen LogP contribution in [0.4, 0.5) is 0 Å². The Hall–Kier alpha value is -1.51. The summed E-state index contributed by atoms with van der Waals surface area (Å²) in [5, 5.41) is 3.85. The number of carbonyl (C=O) groups excluding carboxylic acids is 1. The van der Waals surface area contributed by atoms with Crippen LogP contribution >= 0.6 is 23.2 Å². The molecular formula is C17H17Cl2NO. The molecule has 0 aliphatic heterocycles. The van der Waals surface area contributed by atoms with Gasteiger partial charge in [0.15, 0.2) is 0 Å². The zero-order valence-electron chi connectivity index (χ0n) is 12.2. The van der Waals surface area contributed by atoms with Gasteiger partial charge in [0.1, 0.15) is 0 Å². The minimum atomic E-state index is -0.226. The normalized spacial score (nSPS) is 12.0. The van der Waals surface area contributed by atoms with E-state index in [1.165, 1.54) is 0 Å². The maximum absolute atomic E-state index is 12.3. The van der Waals surface area contributed by atoms with Gasteiger partial charge in [-0.2, -0.15) is 0 Å². The summed E-state index contributed by atoms with van der Waals surface area (Å²) in [7, 11) is 0. The Bertz CT molecular complexity index is 682. The first-order chi connectivity index (χ1) is 9.88. The molecule has 110 valence electrons. The Labute approximate surface area is 135 Å². The molecule has 0 fully saturated rings. The summed E-state index contributed by atoms with van der Waals surface area (Å²) in [5.74, 6) is -0.226. The third-order valence-corrected chi connectivity index (χ3v) is 3.99. The summed E-state index contributed by atoms with van der Waals surface area (Å²) in [6.07, 6.45) is 0. The second kappa shape index (κ2) is 6.50. The second-order valence-electron chi connectivity index (χ2n) is 5.18. The maximum Gasteiger partial charge on any atom is 0.253 e. The minimum absolute atomic E-state index is 0.104. The number of rotatable bonds is 3. The van der Waals surface area contributed by atoms with Gasteiger partial charge >= 0.3 is 0 Å². The number of amides is 1. The molecule has 2 aromatic carbocycles. The van der Waals surface area contributed by atoms with Crippen molar-refractivity contribution < 1.29 is 4.79 Å². The van der Waals surface area contributed by atoms with Crippen LogP contribution in [0, 0.1) is 13.8 Å². The van der Waals surface area contributed by atoms with Crippen molar-refractivity contribution in [2.45, 2.75) is 26.8 Å². The molecule has 0 aliphatic rings. The van der Waals surface area contributed by atoms with Gasteiger partial charge in [0.05, 0.1) is 16.6 Å². The van der Waals surface area contributed by atoms with Crippen molar-refractivity contribution in [1.82, 2.24) is 5.32 Å². The molecule has 0 aromatic heterocycles. The van der Waals surface area contributed by atoms with E-state index >= 15 is 0 Å². The lowest BCUT2D eigenvalue weighted by Crippen LogP contribution is -2.27. The highest BCUT2D eigenvalue weighted by Gasteiger charge is 2.16. The van der Waals surface area contributed by atoms with Crippen LogP contribution in [0.5, 0.6) is 0 Å². The molecule has 0 saturated heterocycles. The number of hydrogen-bond donors (Lipinski definition) is 1. The van der Waals surface area contributed by atoms with Crippen LogP contribution in [0.1, 0.15) is 40.0 Å². The molecule has 2 aromatic rings. The third kappa shape index (κ3) is 3.78. The molecule has 1 unspecified atom stereocenters. The Morgan fingerprint density at radius 1 is 1.10 bits per heavy atom. The highest BCUT2D eigenvalue weighted by molar-refractivity contribution is 6.35. The lowest BCUT2D eigenvalue weighted by atomic mass is 10.00. The maximum atomic E-state index is 12.3. The van der Waals surface area contributed by atoms with Crippen molar-refractivity contribution in [1.29, 1.82) is 0 Å². The van der Waals surface area contributed by atoms with Crippen LogP contribution in [0.25, 0.3) is 0 Å². The largest absolute Gasteiger partial charge is 0.345 e. The van der Waals surface area contributed by atoms with Gasteiger partial charge in [-0.15, -0.1) is 0 Å². The molecule has 4 heteroatoms. The summed E-state index contributed by atoms with van der Waals surface area (Å²) in [6, 6.07) is 11.0. The standard InChI is InChI=1S/C17H17Cl2NO/c1-10-4-5-11(2)14(8-10)12(3)20-17(21)15-9-13(18)6-7-16(15)19/h4-9,12H,1-3H3,(H,20,21). The Morgan fingerprint density at radius 3 is 2.52 bits per heavy atom. The fourth-order valence-electron chi connectivity index (χ4n) is 2.25. The van der Waals surface area contributed by atoms with Crippen molar-refractivity contribution in [3.63, 3.8) is 0 Å². The number of aryl methyl sites for hydroxylation is 2. The van der Waals surface area contributed by atoms with Crippen molar-refractivity contribution >= 4 is 29.1 Å². The first-order valence-electron chi connectivity index (χ1n) is 6.71. The van der Waals surface area contributed by atoms with Crippen LogP contribution in [0.2, 0.25) is 10.0 Å². The summed E-state index contributed by atoms with van der Waals surface area (Å²) < 4.78 is 0. The van der Waals surface area contributed by atoms with E-state index in [2.05, 4.69) is 23.5 Å². The average molecular weight is 322 g/mol. The molecule has 0 heterocycles. The predicted octanol–water partition coefficient (Wildman–Crippen LogP) is 5.10. The van der Waals surface area contributed by atoms with Gasteiger partial charge in [-0.3, -0.25) is 4.79 Å². The minimum Gasteiger partial charge on any atom is -0.345 e. The quantitative estimate of drug-likeness (QED) is 0.837. The summed E-state index contributed by atoms with van der Waals surface area (Å²) in [6.45, 7) is 6.02. The van der Waals surface area contributed by atoms with Gasteiger partial charge in [0.2, 0.25) is 0 Å². The van der Waals surface area contributed by atoms with Gasteiger partial charge in [0.25, 0.3) is 5.91 Å². The van der Waals surface area contributed by atoms with Gasteiger partial charge in [-0.25, -0.2) is 0 Å². The molecule has 2 nitrogen and oxygen atoms in total. The van der Waals surface area contributed by atoms with Crippen molar-refractivity contribution in [2.24, 2.45) is 0 Å². The Morgan fingerprint density at radius 2 is 1.81 bits per heavy atom. The SMILES string of the molecule is Cc1ccc(C)c(C(C)NC(=O)c2cc(Cl)ccc2Cl)c1. The molecule has 1 atom stereocenters. The van der Waals surface area contributed by atoms with E-state index in [1.807, 2.05) is 20.8 Å². The molecule has 0 spiro atoms. The summed E-state index contributed by atoms with van der Waals surface area (Å²) in [5.41, 5.74) is 3.80. The summed E-state index contributed by atoms with van der Waals surface area (Å²) in [4.78, 5) is 12.3. The monoisotopic (exact) mass is 321 g/mol. The van der Waals surface area contributed by atoms with Gasteiger partial charge < -0.3 is 5.32 Å². The molecule has 0 radical (unpaired) electrons. The van der Waals surface area contributed by atoms with Crippen LogP contribution < -0.4 is 5.32 Å². The molecule has 1 N–H and O–H groups in total. The molecule has 0 aliphatic carbocycles. The van der Waals surface area contributed by atoms with Gasteiger partial charge in [-0.05, 0) is 50.1 Å². The number of carbonyl (C=O) groups is 1. The van der Waals surface area contributed by atoms with E-state index in [4.69, 9.17) is 23.2 Å². The summed E-state index contributed by atoms with van der Waals surface area (Å²) >= 11 is 12.0. The number of benzene rings is 2. The molecule has 1 amide bonds. The van der Waals surface area contributed by atoms with Gasteiger partial charge in [-0.1, -0.05) is 47.0 Å². The number of halogens is 2. The smallest absolute Gasteiger partial charge is 0.253 e. The zero-order valence-corrected chi connectivity index (χ0v) is 13.7. The van der Waals surface area contributed by atoms with E-state index in [9.17, 15) is 4.79 Å². The van der Waals surface area contributed by atoms with Crippen molar-refractivity contribution in [3.8, 4) is 0 Å². The van der Waals surface area contributed by atoms with Crippen LogP contribution in [0.3, 0.4) is 0 Å². The lowest BCUT2D eigenvalue weighted by molar-refractivity contribution is 0.0940. The zero-order chi connectivity index (χ0) is 15.6. The predicted molar refractivity (Wildman–Crippen MR) is 88.3 cm³/mol. The Balaban J connectivity index is 2.23. The fourth-order valence-corrected chi connectivity index (χ4v) is 2.63. The first-order valence-corrected chi connectivity index (χ1v) is 7.47. The Kier molecular flexibility index (Phi) is 4.92. The van der Waals surface area contributed by atoms with E-state index in [1.54, 1.807) is 18.2 Å². The van der Waals surface area contributed by atoms with E-state index in [-0.39, 0.29) is 11.9 Å². The van der Waals surface area contributed by atoms with E-state index in [0.717, 1.165) is 16.7 Å². The highest BCUT2D eigenvalue weighted by Crippen LogP contribution is 2.23. The topological polar surface area (TPSA) is 29.1 Å². The molecule has 0 bridgehead atoms. The van der Waals surface area contributed by atoms with Crippen LogP contribution in [-0.2, 0) is 0 Å². The highest BCUT2D eigenvalue weighted by atomic mass is 35.5. The molecular weight excluding hydrogens is 305 g/mol. The van der Waals surface area contributed by atoms with Crippen molar-refractivity contribution in [3.05, 3.63) is 68.7 Å². The molecule has 0 saturated carbocycles. The third-order valence-electron chi connectivity index (χ3n) is 3.42. The second-order valence-corrected chi connectivity index (χ2v) is 6.02. The number of hydrogen-bond acceptors (Lipinski definition) is 1. The van der Waals surface area contributed by atoms with Crippen LogP contribution in [-0.4, -0.2) is 5.91 Å². The van der Waals surface area contributed by atoms with E-state index in [0.29, 0.717) is 15.6 Å². The van der Waals surface area contributed by atoms with Gasteiger partial charge in [0, 0.05) is 5.02 Å². The number of nitrogens with one attached hydrogen (secondary N) is 1. The lowest BCUT2D eigenvalue weighted by Gasteiger charge is -2.18. The fraction of sp³-hybridized carbons (Fsp3) is 0.235. The van der Waals surface area contributed by atoms with E-state index < -0.39 is 0 Å². The van der Waals surface area contributed by atoms with Crippen molar-refractivity contribution in [2.75, 3.05) is 0 Å².